The number of nitrogens with two attached hydrogens (primary N) is 1. The normalized spacial score (nSPS) is 12.7. The maximum absolute atomic E-state index is 6.28. The van der Waals surface area contributed by atoms with Crippen LogP contribution in [0.5, 0.6) is 0 Å². The number of hydrogen-bond acceptors (Lipinski definition) is 1. The second-order valence-corrected chi connectivity index (χ2v) is 6.91. The van der Waals surface area contributed by atoms with Gasteiger partial charge in [0.15, 0.2) is 0 Å². The monoisotopic (exact) mass is 423 g/mol. The van der Waals surface area contributed by atoms with Gasteiger partial charge in [-0.05, 0) is 52.8 Å². The summed E-state index contributed by atoms with van der Waals surface area (Å²) < 4.78 is 2.39. The minimum atomic E-state index is 0.181. The average molecular weight is 424 g/mol. The van der Waals surface area contributed by atoms with E-state index in [-0.39, 0.29) is 6.04 Å². The molecule has 2 N–H and O–H groups in total. The van der Waals surface area contributed by atoms with Crippen LogP contribution < -0.4 is 5.73 Å². The Bertz CT molecular complexity index is 354. The molecule has 0 aromatic heterocycles. The summed E-state index contributed by atoms with van der Waals surface area (Å²) in [4.78, 5) is 0. The van der Waals surface area contributed by atoms with E-state index in [0.717, 1.165) is 10.9 Å². The van der Waals surface area contributed by atoms with Gasteiger partial charge >= 0.3 is 0 Å². The third-order valence-electron chi connectivity index (χ3n) is 3.23. The average Bonchev–Trinajstić information content (AvgIpc) is 2.36. The molecule has 1 unspecified atom stereocenters. The van der Waals surface area contributed by atoms with Crippen LogP contribution in [0.25, 0.3) is 0 Å². The van der Waals surface area contributed by atoms with Crippen molar-refractivity contribution in [2.45, 2.75) is 57.9 Å². The van der Waals surface area contributed by atoms with Gasteiger partial charge in [-0.15, -0.1) is 0 Å². The summed E-state index contributed by atoms with van der Waals surface area (Å²) in [6, 6.07) is 6.54. The fraction of sp³-hybridized carbons (Fsp3) is 0.600. The maximum Gasteiger partial charge on any atom is 0.0305 e. The van der Waals surface area contributed by atoms with Crippen LogP contribution in [0.2, 0.25) is 0 Å². The van der Waals surface area contributed by atoms with Crippen LogP contribution >= 0.6 is 38.5 Å². The SMILES string of the molecule is CCCCCCCCC(N)c1cc(Br)ccc1I. The molecule has 1 nitrogen and oxygen atoms in total. The summed E-state index contributed by atoms with van der Waals surface area (Å²) in [7, 11) is 0. The van der Waals surface area contributed by atoms with Gasteiger partial charge in [0, 0.05) is 14.1 Å². The summed E-state index contributed by atoms with van der Waals surface area (Å²) in [6.45, 7) is 2.26. The number of rotatable bonds is 8. The van der Waals surface area contributed by atoms with Gasteiger partial charge in [0.1, 0.15) is 0 Å². The zero-order valence-electron chi connectivity index (χ0n) is 11.1. The standard InChI is InChI=1S/C15H23BrIN/c1-2-3-4-5-6-7-8-15(18)13-11-12(16)9-10-14(13)17/h9-11,15H,2-8,18H2,1H3. The van der Waals surface area contributed by atoms with E-state index in [2.05, 4.69) is 63.6 Å². The fourth-order valence-corrected chi connectivity index (χ4v) is 3.21. The highest BCUT2D eigenvalue weighted by Crippen LogP contribution is 2.26. The smallest absolute Gasteiger partial charge is 0.0305 e. The molecule has 18 heavy (non-hydrogen) atoms. The second kappa shape index (κ2) is 9.32. The van der Waals surface area contributed by atoms with Gasteiger partial charge in [-0.2, -0.15) is 0 Å². The van der Waals surface area contributed by atoms with Crippen molar-refractivity contribution < 1.29 is 0 Å². The van der Waals surface area contributed by atoms with Crippen molar-refractivity contribution in [3.05, 3.63) is 31.8 Å². The van der Waals surface area contributed by atoms with E-state index in [0.29, 0.717) is 0 Å². The third kappa shape index (κ3) is 6.02. The van der Waals surface area contributed by atoms with E-state index >= 15 is 0 Å². The van der Waals surface area contributed by atoms with Crippen molar-refractivity contribution in [3.8, 4) is 0 Å². The lowest BCUT2D eigenvalue weighted by atomic mass is 10.0. The van der Waals surface area contributed by atoms with Crippen molar-refractivity contribution >= 4 is 38.5 Å². The highest BCUT2D eigenvalue weighted by atomic mass is 127. The second-order valence-electron chi connectivity index (χ2n) is 4.83. The molecule has 0 heterocycles. The summed E-state index contributed by atoms with van der Waals surface area (Å²) in [6.07, 6.45) is 9.08. The van der Waals surface area contributed by atoms with Crippen molar-refractivity contribution in [1.82, 2.24) is 0 Å². The van der Waals surface area contributed by atoms with Crippen LogP contribution in [-0.4, -0.2) is 0 Å². The first kappa shape index (κ1) is 16.4. The molecule has 102 valence electrons. The van der Waals surface area contributed by atoms with Gasteiger partial charge in [-0.1, -0.05) is 61.4 Å². The minimum absolute atomic E-state index is 0.181. The van der Waals surface area contributed by atoms with Gasteiger partial charge < -0.3 is 5.73 Å². The molecular weight excluding hydrogens is 401 g/mol. The highest BCUT2D eigenvalue weighted by molar-refractivity contribution is 14.1. The molecule has 0 aliphatic rings. The Hall–Kier alpha value is 0.390. The zero-order chi connectivity index (χ0) is 13.4. The summed E-state index contributed by atoms with van der Waals surface area (Å²) in [5.41, 5.74) is 7.56. The first-order valence-electron chi connectivity index (χ1n) is 6.85. The molecule has 0 amide bonds. The van der Waals surface area contributed by atoms with Crippen molar-refractivity contribution in [2.24, 2.45) is 5.73 Å². The molecule has 1 aromatic rings. The molecular formula is C15H23BrIN. The molecule has 0 radical (unpaired) electrons. The number of halogens is 2. The van der Waals surface area contributed by atoms with Crippen molar-refractivity contribution in [2.75, 3.05) is 0 Å². The summed E-state index contributed by atoms with van der Waals surface area (Å²) >= 11 is 5.89. The first-order chi connectivity index (χ1) is 8.65. The van der Waals surface area contributed by atoms with Gasteiger partial charge in [0.05, 0.1) is 0 Å². The molecule has 1 atom stereocenters. The molecule has 1 aromatic carbocycles. The lowest BCUT2D eigenvalue weighted by Crippen LogP contribution is -2.11. The molecule has 1 rings (SSSR count). The predicted molar refractivity (Wildman–Crippen MR) is 91.8 cm³/mol. The Morgan fingerprint density at radius 2 is 1.83 bits per heavy atom. The van der Waals surface area contributed by atoms with Crippen LogP contribution in [0.4, 0.5) is 0 Å². The van der Waals surface area contributed by atoms with Crippen LogP contribution in [-0.2, 0) is 0 Å². The predicted octanol–water partition coefficient (Wildman–Crippen LogP) is 5.80. The van der Waals surface area contributed by atoms with Crippen LogP contribution in [0.15, 0.2) is 22.7 Å². The first-order valence-corrected chi connectivity index (χ1v) is 8.73. The van der Waals surface area contributed by atoms with E-state index in [4.69, 9.17) is 5.73 Å². The summed E-state index contributed by atoms with van der Waals surface area (Å²) in [5, 5.41) is 0. The van der Waals surface area contributed by atoms with E-state index in [1.54, 1.807) is 0 Å². The quantitative estimate of drug-likeness (QED) is 0.414. The number of benzene rings is 1. The molecule has 3 heteroatoms. The summed E-state index contributed by atoms with van der Waals surface area (Å²) in [5.74, 6) is 0. The molecule has 0 saturated carbocycles. The molecule has 0 saturated heterocycles. The van der Waals surface area contributed by atoms with E-state index in [9.17, 15) is 0 Å². The maximum atomic E-state index is 6.28. The molecule has 0 spiro atoms. The van der Waals surface area contributed by atoms with Gasteiger partial charge in [-0.3, -0.25) is 0 Å². The lowest BCUT2D eigenvalue weighted by Gasteiger charge is -2.14. The van der Waals surface area contributed by atoms with E-state index < -0.39 is 0 Å². The molecule has 0 aliphatic heterocycles. The Balaban J connectivity index is 2.31. The van der Waals surface area contributed by atoms with Gasteiger partial charge in [0.25, 0.3) is 0 Å². The Labute approximate surface area is 133 Å². The van der Waals surface area contributed by atoms with Crippen LogP contribution in [0.1, 0.15) is 63.5 Å². The lowest BCUT2D eigenvalue weighted by molar-refractivity contribution is 0.546. The largest absolute Gasteiger partial charge is 0.324 e. The molecule has 0 bridgehead atoms. The Kier molecular flexibility index (Phi) is 8.51. The van der Waals surface area contributed by atoms with E-state index in [1.165, 1.54) is 47.7 Å². The Morgan fingerprint density at radius 1 is 1.17 bits per heavy atom. The highest BCUT2D eigenvalue weighted by Gasteiger charge is 2.09. The zero-order valence-corrected chi connectivity index (χ0v) is 14.8. The van der Waals surface area contributed by atoms with Crippen molar-refractivity contribution in [1.29, 1.82) is 0 Å². The van der Waals surface area contributed by atoms with Crippen molar-refractivity contribution in [3.63, 3.8) is 0 Å². The van der Waals surface area contributed by atoms with Gasteiger partial charge in [-0.25, -0.2) is 0 Å². The fourth-order valence-electron chi connectivity index (χ4n) is 2.10. The van der Waals surface area contributed by atoms with Gasteiger partial charge in [0.2, 0.25) is 0 Å². The molecule has 0 fully saturated rings. The van der Waals surface area contributed by atoms with Crippen LogP contribution in [0.3, 0.4) is 0 Å². The van der Waals surface area contributed by atoms with E-state index in [1.807, 2.05) is 0 Å². The third-order valence-corrected chi connectivity index (χ3v) is 4.70. The Morgan fingerprint density at radius 3 is 2.56 bits per heavy atom. The number of unbranched alkanes of at least 4 members (excludes halogenated alkanes) is 5. The topological polar surface area (TPSA) is 26.0 Å². The van der Waals surface area contributed by atoms with Crippen LogP contribution in [0, 0.1) is 3.57 Å². The molecule has 0 aliphatic carbocycles. The number of hydrogen-bond donors (Lipinski definition) is 1. The minimum Gasteiger partial charge on any atom is -0.324 e.